The molecule has 0 N–H and O–H groups in total. The molecule has 0 fully saturated rings. The highest BCUT2D eigenvalue weighted by molar-refractivity contribution is 5.92. The monoisotopic (exact) mass is 285 g/mol. The first-order valence-electron chi connectivity index (χ1n) is 7.41. The van der Waals surface area contributed by atoms with Crippen molar-refractivity contribution in [3.63, 3.8) is 0 Å². The Balaban J connectivity index is 1.97. The van der Waals surface area contributed by atoms with E-state index in [-0.39, 0.29) is 17.3 Å². The van der Waals surface area contributed by atoms with Gasteiger partial charge in [0.05, 0.1) is 12.5 Å². The molecule has 1 aromatic carbocycles. The van der Waals surface area contributed by atoms with Gasteiger partial charge >= 0.3 is 0 Å². The topological polar surface area (TPSA) is 38.8 Å². The molecule has 0 radical (unpaired) electrons. The molecule has 1 spiro atoms. The zero-order chi connectivity index (χ0) is 14.6. The van der Waals surface area contributed by atoms with Crippen molar-refractivity contribution >= 4 is 5.78 Å². The van der Waals surface area contributed by atoms with Gasteiger partial charge in [-0.2, -0.15) is 0 Å². The van der Waals surface area contributed by atoms with Gasteiger partial charge in [0.1, 0.15) is 6.10 Å². The van der Waals surface area contributed by atoms with Gasteiger partial charge in [0.15, 0.2) is 17.3 Å². The number of carbonyl (C=O) groups is 1. The number of allylic oxidation sites excluding steroid dienone is 1. The summed E-state index contributed by atoms with van der Waals surface area (Å²) < 4.78 is 11.7. The van der Waals surface area contributed by atoms with E-state index in [2.05, 4.69) is 24.1 Å². The van der Waals surface area contributed by atoms with Gasteiger partial charge in [0, 0.05) is 18.5 Å². The van der Waals surface area contributed by atoms with Gasteiger partial charge < -0.3 is 14.4 Å². The summed E-state index contributed by atoms with van der Waals surface area (Å²) in [6.07, 6.45) is 5.16. The van der Waals surface area contributed by atoms with Crippen molar-refractivity contribution in [2.45, 2.75) is 30.9 Å². The predicted molar refractivity (Wildman–Crippen MR) is 78.8 cm³/mol. The van der Waals surface area contributed by atoms with Crippen molar-refractivity contribution in [3.8, 4) is 11.5 Å². The van der Waals surface area contributed by atoms with E-state index >= 15 is 0 Å². The van der Waals surface area contributed by atoms with Crippen LogP contribution in [0.4, 0.5) is 0 Å². The minimum absolute atomic E-state index is 0.0912. The summed E-state index contributed by atoms with van der Waals surface area (Å²) in [5, 5.41) is 0. The Morgan fingerprint density at radius 2 is 2.29 bits per heavy atom. The van der Waals surface area contributed by atoms with E-state index in [1.165, 1.54) is 11.1 Å². The van der Waals surface area contributed by atoms with Crippen molar-refractivity contribution in [2.24, 2.45) is 0 Å². The van der Waals surface area contributed by atoms with Gasteiger partial charge in [-0.25, -0.2) is 0 Å². The van der Waals surface area contributed by atoms with E-state index in [1.807, 2.05) is 6.07 Å². The molecule has 4 nitrogen and oxygen atoms in total. The third-order valence-electron chi connectivity index (χ3n) is 5.03. The van der Waals surface area contributed by atoms with E-state index in [4.69, 9.17) is 9.47 Å². The summed E-state index contributed by atoms with van der Waals surface area (Å²) in [5.74, 6) is 1.76. The van der Waals surface area contributed by atoms with Crippen molar-refractivity contribution in [1.29, 1.82) is 0 Å². The molecule has 0 amide bonds. The Hall–Kier alpha value is -1.81. The molecule has 110 valence electrons. The fraction of sp³-hybridized carbons (Fsp3) is 0.471. The van der Waals surface area contributed by atoms with Crippen LogP contribution in [-0.2, 0) is 16.8 Å². The van der Waals surface area contributed by atoms with Crippen LogP contribution in [0.25, 0.3) is 0 Å². The highest BCUT2D eigenvalue weighted by Gasteiger charge is 2.52. The number of nitrogens with zero attached hydrogens (tertiary/aromatic N) is 1. The van der Waals surface area contributed by atoms with Crippen molar-refractivity contribution in [2.75, 3.05) is 20.7 Å². The minimum atomic E-state index is -0.169. The number of ketones is 1. The number of carbonyl (C=O) groups excluding carboxylic acids is 1. The van der Waals surface area contributed by atoms with Crippen LogP contribution in [0.2, 0.25) is 0 Å². The van der Waals surface area contributed by atoms with Gasteiger partial charge in [0.25, 0.3) is 0 Å². The minimum Gasteiger partial charge on any atom is -0.493 e. The third kappa shape index (κ3) is 1.69. The van der Waals surface area contributed by atoms with Crippen LogP contribution in [0, 0.1) is 0 Å². The number of ether oxygens (including phenoxy) is 2. The Kier molecular flexibility index (Phi) is 2.67. The number of methoxy groups -OCH3 is 1. The molecule has 0 aromatic heterocycles. The van der Waals surface area contributed by atoms with Crippen molar-refractivity contribution < 1.29 is 14.3 Å². The van der Waals surface area contributed by atoms with E-state index in [9.17, 15) is 4.79 Å². The molecule has 2 atom stereocenters. The Morgan fingerprint density at radius 1 is 1.43 bits per heavy atom. The molecule has 0 saturated heterocycles. The molecular weight excluding hydrogens is 266 g/mol. The lowest BCUT2D eigenvalue weighted by molar-refractivity contribution is -0.117. The first-order chi connectivity index (χ1) is 10.1. The highest BCUT2D eigenvalue weighted by Crippen LogP contribution is 2.55. The summed E-state index contributed by atoms with van der Waals surface area (Å²) in [7, 11) is 3.81. The van der Waals surface area contributed by atoms with E-state index in [1.54, 1.807) is 13.2 Å². The van der Waals surface area contributed by atoms with E-state index in [0.29, 0.717) is 6.42 Å². The number of benzene rings is 1. The van der Waals surface area contributed by atoms with Crippen LogP contribution in [-0.4, -0.2) is 37.5 Å². The molecule has 2 heterocycles. The second kappa shape index (κ2) is 4.34. The fourth-order valence-corrected chi connectivity index (χ4v) is 3.95. The summed E-state index contributed by atoms with van der Waals surface area (Å²) in [4.78, 5) is 14.1. The van der Waals surface area contributed by atoms with Gasteiger partial charge in [-0.05, 0) is 37.7 Å². The van der Waals surface area contributed by atoms with Crippen LogP contribution < -0.4 is 9.47 Å². The molecule has 4 heteroatoms. The lowest BCUT2D eigenvalue weighted by Gasteiger charge is -2.33. The lowest BCUT2D eigenvalue weighted by atomic mass is 9.69. The zero-order valence-electron chi connectivity index (χ0n) is 12.4. The maximum absolute atomic E-state index is 11.8. The van der Waals surface area contributed by atoms with Crippen LogP contribution in [0.5, 0.6) is 11.5 Å². The third-order valence-corrected chi connectivity index (χ3v) is 5.03. The zero-order valence-corrected chi connectivity index (χ0v) is 12.4. The van der Waals surface area contributed by atoms with Crippen LogP contribution >= 0.6 is 0 Å². The van der Waals surface area contributed by atoms with Crippen molar-refractivity contribution in [3.05, 3.63) is 35.4 Å². The molecule has 0 bridgehead atoms. The van der Waals surface area contributed by atoms with Crippen LogP contribution in [0.1, 0.15) is 24.0 Å². The highest BCUT2D eigenvalue weighted by atomic mass is 16.5. The second-order valence-corrected chi connectivity index (χ2v) is 6.27. The average molecular weight is 285 g/mol. The number of hydrogen-bond acceptors (Lipinski definition) is 4. The molecular formula is C17H19NO3. The standard InChI is InChI=1S/C17H19NO3/c1-18-8-7-17-6-5-12(19)9-14(17)21-16-13(20-2)4-3-11(10-18)15(16)17/h3-6,14H,7-10H2,1-2H3/t14?,17-/m0/s1. The largest absolute Gasteiger partial charge is 0.493 e. The maximum atomic E-state index is 11.8. The van der Waals surface area contributed by atoms with Gasteiger partial charge in [-0.3, -0.25) is 4.79 Å². The summed E-state index contributed by atoms with van der Waals surface area (Å²) >= 11 is 0. The molecule has 1 unspecified atom stereocenters. The normalized spacial score (nSPS) is 30.4. The Morgan fingerprint density at radius 3 is 3.10 bits per heavy atom. The van der Waals surface area contributed by atoms with E-state index < -0.39 is 0 Å². The first kappa shape index (κ1) is 12.9. The van der Waals surface area contributed by atoms with Crippen LogP contribution in [0.3, 0.4) is 0 Å². The first-order valence-corrected chi connectivity index (χ1v) is 7.41. The molecule has 1 aromatic rings. The van der Waals surface area contributed by atoms with E-state index in [0.717, 1.165) is 31.0 Å². The molecule has 4 rings (SSSR count). The average Bonchev–Trinajstić information content (AvgIpc) is 2.72. The Labute approximate surface area is 124 Å². The quantitative estimate of drug-likeness (QED) is 0.791. The van der Waals surface area contributed by atoms with Gasteiger partial charge in [-0.1, -0.05) is 12.1 Å². The smallest absolute Gasteiger partial charge is 0.166 e. The molecule has 0 saturated carbocycles. The second-order valence-electron chi connectivity index (χ2n) is 6.27. The molecule has 3 aliphatic rings. The predicted octanol–water partition coefficient (Wildman–Crippen LogP) is 2.06. The Bertz CT molecular complexity index is 652. The van der Waals surface area contributed by atoms with Gasteiger partial charge in [0.2, 0.25) is 0 Å². The fourth-order valence-electron chi connectivity index (χ4n) is 3.95. The summed E-state index contributed by atoms with van der Waals surface area (Å²) in [5.41, 5.74) is 2.35. The SMILES string of the molecule is COc1ccc2c3c1OC1CC(=O)C=C[C@@]31CCN(C)C2. The maximum Gasteiger partial charge on any atom is 0.166 e. The number of hydrogen-bond donors (Lipinski definition) is 0. The summed E-state index contributed by atoms with van der Waals surface area (Å²) in [6, 6.07) is 4.11. The lowest BCUT2D eigenvalue weighted by Crippen LogP contribution is -2.41. The molecule has 2 aliphatic heterocycles. The molecule has 1 aliphatic carbocycles. The summed E-state index contributed by atoms with van der Waals surface area (Å²) in [6.45, 7) is 1.90. The van der Waals surface area contributed by atoms with Crippen LogP contribution in [0.15, 0.2) is 24.3 Å². The molecule has 21 heavy (non-hydrogen) atoms. The van der Waals surface area contributed by atoms with Gasteiger partial charge in [-0.15, -0.1) is 0 Å². The van der Waals surface area contributed by atoms with Crippen molar-refractivity contribution in [1.82, 2.24) is 4.90 Å². The number of rotatable bonds is 1.